The molecule has 0 saturated heterocycles. The van der Waals surface area contributed by atoms with Crippen LogP contribution in [0, 0.1) is 0 Å². The molecule has 0 bridgehead atoms. The molecule has 0 aromatic rings. The molecule has 0 rings (SSSR count). The van der Waals surface area contributed by atoms with Gasteiger partial charge in [-0.25, -0.2) is 4.79 Å². The van der Waals surface area contributed by atoms with Crippen LogP contribution in [0.4, 0.5) is 0 Å². The number of unbranched alkanes of at least 4 members (excludes halogenated alkanes) is 20. The van der Waals surface area contributed by atoms with Gasteiger partial charge < -0.3 is 23.8 Å². The standard InChI is InChI=1S/C54H93NO7/c1-6-8-10-12-14-16-18-20-22-24-26-27-29-30-32-34-36-38-40-42-44-52(56)61-49-50(48-60-47-46-51(54(58)59)55(3,4)5)62-53(57)45-43-41-39-37-35-33-31-28-25-23-21-19-17-15-13-11-9-7-2/h8,10,14,16,19-23,25,28,31,50-51H,6-7,9,11-13,15,17-18,24,26-27,29-30,32-49H2,1-5H3/p+1/b10-8+,16-14+,21-19+,22-20+,25-23+,31-28+. The molecule has 0 saturated carbocycles. The molecule has 0 spiro atoms. The van der Waals surface area contributed by atoms with E-state index in [2.05, 4.69) is 86.8 Å². The zero-order valence-electron chi connectivity index (χ0n) is 40.6. The van der Waals surface area contributed by atoms with Crippen molar-refractivity contribution >= 4 is 17.9 Å². The molecule has 0 aromatic heterocycles. The number of esters is 2. The van der Waals surface area contributed by atoms with Crippen molar-refractivity contribution < 1.29 is 38.2 Å². The summed E-state index contributed by atoms with van der Waals surface area (Å²) in [5, 5.41) is 9.65. The van der Waals surface area contributed by atoms with Crippen molar-refractivity contribution in [1.29, 1.82) is 0 Å². The van der Waals surface area contributed by atoms with E-state index in [1.807, 2.05) is 21.1 Å². The van der Waals surface area contributed by atoms with Crippen LogP contribution < -0.4 is 0 Å². The summed E-state index contributed by atoms with van der Waals surface area (Å²) >= 11 is 0. The third kappa shape index (κ3) is 42.1. The summed E-state index contributed by atoms with van der Waals surface area (Å²) < 4.78 is 17.3. The number of quaternary nitrogens is 1. The quantitative estimate of drug-likeness (QED) is 0.0214. The van der Waals surface area contributed by atoms with E-state index in [1.165, 1.54) is 83.5 Å². The highest BCUT2D eigenvalue weighted by Crippen LogP contribution is 2.14. The Kier molecular flexibility index (Phi) is 42.1. The minimum absolute atomic E-state index is 0.0487. The average Bonchev–Trinajstić information content (AvgIpc) is 3.23. The molecule has 0 aliphatic heterocycles. The third-order valence-electron chi connectivity index (χ3n) is 10.9. The van der Waals surface area contributed by atoms with Gasteiger partial charge in [-0.2, -0.15) is 0 Å². The molecule has 0 aliphatic rings. The van der Waals surface area contributed by atoms with Crippen LogP contribution in [0.5, 0.6) is 0 Å². The van der Waals surface area contributed by atoms with Crippen LogP contribution in [-0.4, -0.2) is 80.6 Å². The summed E-state index contributed by atoms with van der Waals surface area (Å²) in [5.41, 5.74) is 0. The number of rotatable bonds is 44. The van der Waals surface area contributed by atoms with Gasteiger partial charge in [-0.05, 0) is 70.6 Å². The maximum atomic E-state index is 12.8. The van der Waals surface area contributed by atoms with Gasteiger partial charge in [-0.3, -0.25) is 9.59 Å². The predicted molar refractivity (Wildman–Crippen MR) is 261 cm³/mol. The number of carboxylic acids is 1. The van der Waals surface area contributed by atoms with E-state index in [0.717, 1.165) is 83.5 Å². The Bertz CT molecular complexity index is 1240. The minimum Gasteiger partial charge on any atom is -0.477 e. The van der Waals surface area contributed by atoms with Crippen molar-refractivity contribution in [2.24, 2.45) is 0 Å². The molecular formula is C54H94NO7+. The van der Waals surface area contributed by atoms with E-state index in [9.17, 15) is 19.5 Å². The Morgan fingerprint density at radius 2 is 0.968 bits per heavy atom. The van der Waals surface area contributed by atoms with E-state index < -0.39 is 18.1 Å². The van der Waals surface area contributed by atoms with Crippen LogP contribution in [-0.2, 0) is 28.6 Å². The molecule has 2 atom stereocenters. The Hall–Kier alpha value is -3.23. The normalized spacial score (nSPS) is 13.5. The highest BCUT2D eigenvalue weighted by Gasteiger charge is 2.31. The third-order valence-corrected chi connectivity index (χ3v) is 10.9. The van der Waals surface area contributed by atoms with E-state index in [4.69, 9.17) is 14.2 Å². The van der Waals surface area contributed by atoms with Gasteiger partial charge in [0.2, 0.25) is 0 Å². The molecule has 0 aromatic carbocycles. The number of aliphatic carboxylic acids is 1. The monoisotopic (exact) mass is 869 g/mol. The van der Waals surface area contributed by atoms with Gasteiger partial charge in [0.1, 0.15) is 6.61 Å². The number of hydrogen-bond acceptors (Lipinski definition) is 6. The lowest BCUT2D eigenvalue weighted by atomic mass is 10.1. The lowest BCUT2D eigenvalue weighted by molar-refractivity contribution is -0.887. The van der Waals surface area contributed by atoms with E-state index >= 15 is 0 Å². The topological polar surface area (TPSA) is 99.1 Å². The Balaban J connectivity index is 4.31. The highest BCUT2D eigenvalue weighted by atomic mass is 16.6. The summed E-state index contributed by atoms with van der Waals surface area (Å²) in [6, 6.07) is -0.623. The molecule has 0 heterocycles. The second-order valence-electron chi connectivity index (χ2n) is 17.7. The fourth-order valence-electron chi connectivity index (χ4n) is 7.05. The van der Waals surface area contributed by atoms with Crippen LogP contribution in [0.25, 0.3) is 0 Å². The summed E-state index contributed by atoms with van der Waals surface area (Å²) in [6.07, 6.45) is 56.6. The summed E-state index contributed by atoms with van der Waals surface area (Å²) in [6.45, 7) is 4.59. The molecule has 62 heavy (non-hydrogen) atoms. The van der Waals surface area contributed by atoms with E-state index in [1.54, 1.807) is 0 Å². The van der Waals surface area contributed by atoms with Gasteiger partial charge in [0.05, 0.1) is 34.4 Å². The summed E-state index contributed by atoms with van der Waals surface area (Å²) in [4.78, 5) is 37.1. The number of likely N-dealkylation sites (N-methyl/N-ethyl adjacent to an activating group) is 1. The predicted octanol–water partition coefficient (Wildman–Crippen LogP) is 14.3. The van der Waals surface area contributed by atoms with Gasteiger partial charge in [0, 0.05) is 19.3 Å². The number of nitrogens with zero attached hydrogens (tertiary/aromatic N) is 1. The molecular weight excluding hydrogens is 775 g/mol. The van der Waals surface area contributed by atoms with Crippen LogP contribution in [0.3, 0.4) is 0 Å². The summed E-state index contributed by atoms with van der Waals surface area (Å²) in [7, 11) is 5.52. The Morgan fingerprint density at radius 3 is 1.47 bits per heavy atom. The van der Waals surface area contributed by atoms with Crippen molar-refractivity contribution in [3.63, 3.8) is 0 Å². The van der Waals surface area contributed by atoms with Crippen LogP contribution in [0.1, 0.15) is 200 Å². The van der Waals surface area contributed by atoms with Crippen LogP contribution in [0.2, 0.25) is 0 Å². The van der Waals surface area contributed by atoms with Gasteiger partial charge in [0.15, 0.2) is 12.1 Å². The average molecular weight is 869 g/mol. The number of allylic oxidation sites excluding steroid dienone is 12. The second kappa shape index (κ2) is 44.4. The van der Waals surface area contributed by atoms with Crippen molar-refractivity contribution in [2.75, 3.05) is 41.0 Å². The highest BCUT2D eigenvalue weighted by molar-refractivity contribution is 5.72. The van der Waals surface area contributed by atoms with Crippen LogP contribution >= 0.6 is 0 Å². The van der Waals surface area contributed by atoms with Gasteiger partial charge in [-0.15, -0.1) is 0 Å². The minimum atomic E-state index is -0.881. The summed E-state index contributed by atoms with van der Waals surface area (Å²) in [5.74, 6) is -1.50. The van der Waals surface area contributed by atoms with E-state index in [0.29, 0.717) is 19.3 Å². The molecule has 0 amide bonds. The maximum Gasteiger partial charge on any atom is 0.362 e. The molecule has 8 nitrogen and oxygen atoms in total. The lowest BCUT2D eigenvalue weighted by Gasteiger charge is -2.31. The zero-order chi connectivity index (χ0) is 45.6. The van der Waals surface area contributed by atoms with Gasteiger partial charge in [-0.1, -0.05) is 183 Å². The first-order valence-electron chi connectivity index (χ1n) is 25.0. The molecule has 1 N–H and O–H groups in total. The second-order valence-corrected chi connectivity index (χ2v) is 17.7. The van der Waals surface area contributed by atoms with E-state index in [-0.39, 0.29) is 36.2 Å². The van der Waals surface area contributed by atoms with Gasteiger partial charge in [0.25, 0.3) is 0 Å². The van der Waals surface area contributed by atoms with Crippen molar-refractivity contribution in [3.05, 3.63) is 72.9 Å². The number of hydrogen-bond donors (Lipinski definition) is 1. The largest absolute Gasteiger partial charge is 0.477 e. The molecule has 0 radical (unpaired) electrons. The van der Waals surface area contributed by atoms with Crippen molar-refractivity contribution in [3.8, 4) is 0 Å². The van der Waals surface area contributed by atoms with Crippen LogP contribution in [0.15, 0.2) is 72.9 Å². The smallest absolute Gasteiger partial charge is 0.362 e. The number of carbonyl (C=O) groups is 3. The fourth-order valence-corrected chi connectivity index (χ4v) is 7.05. The first kappa shape index (κ1) is 58.8. The van der Waals surface area contributed by atoms with Gasteiger partial charge >= 0.3 is 17.9 Å². The molecule has 2 unspecified atom stereocenters. The fraction of sp³-hybridized carbons (Fsp3) is 0.722. The molecule has 0 aliphatic carbocycles. The zero-order valence-corrected chi connectivity index (χ0v) is 40.6. The number of carboxylic acid groups (broad SMARTS) is 1. The number of ether oxygens (including phenoxy) is 3. The maximum absolute atomic E-state index is 12.8. The first-order valence-corrected chi connectivity index (χ1v) is 25.0. The Labute approximate surface area is 381 Å². The molecule has 356 valence electrons. The van der Waals surface area contributed by atoms with Crippen molar-refractivity contribution in [2.45, 2.75) is 212 Å². The first-order chi connectivity index (χ1) is 30.1. The molecule has 8 heteroatoms. The molecule has 0 fully saturated rings. The number of carbonyl (C=O) groups excluding carboxylic acids is 2. The Morgan fingerprint density at radius 1 is 0.516 bits per heavy atom. The lowest BCUT2D eigenvalue weighted by Crippen LogP contribution is -2.50. The van der Waals surface area contributed by atoms with Crippen molar-refractivity contribution in [1.82, 2.24) is 0 Å². The SMILES string of the molecule is CC/C=C/C/C=C/C/C=C/CCCCCCCCCCCCC(=O)OCC(COCCC(C(=O)O)[N+](C)(C)C)OC(=O)CCCCCCC/C=C/C=C/C=C/CCCCCCC.